The highest BCUT2D eigenvalue weighted by atomic mass is 16.6. The van der Waals surface area contributed by atoms with Crippen molar-refractivity contribution in [1.82, 2.24) is 9.80 Å². The van der Waals surface area contributed by atoms with E-state index in [1.807, 2.05) is 18.2 Å². The Balaban J connectivity index is 0.000000401. The van der Waals surface area contributed by atoms with Crippen LogP contribution in [0, 0.1) is 0 Å². The monoisotopic (exact) mass is 485 g/mol. The minimum Gasteiger partial charge on any atom is -0.486 e. The quantitative estimate of drug-likeness (QED) is 0.337. The number of aliphatic carboxylic acids is 4. The van der Waals surface area contributed by atoms with Crippen LogP contribution in [-0.4, -0.2) is 113 Å². The lowest BCUT2D eigenvalue weighted by Crippen LogP contribution is -2.45. The normalized spacial score (nSPS) is 14.9. The van der Waals surface area contributed by atoms with Crippen molar-refractivity contribution in [3.63, 3.8) is 0 Å². The molecule has 5 N–H and O–H groups in total. The van der Waals surface area contributed by atoms with Crippen LogP contribution >= 0.6 is 0 Å². The lowest BCUT2D eigenvalue weighted by Gasteiger charge is -2.32. The van der Waals surface area contributed by atoms with Crippen LogP contribution in [0.15, 0.2) is 18.2 Å². The first kappa shape index (κ1) is 28.1. The summed E-state index contributed by atoms with van der Waals surface area (Å²) in [6, 6.07) is 5.51. The number of anilines is 1. The molecule has 0 radical (unpaired) electrons. The topological polar surface area (TPSA) is 203 Å². The van der Waals surface area contributed by atoms with Gasteiger partial charge in [-0.2, -0.15) is 0 Å². The summed E-state index contributed by atoms with van der Waals surface area (Å²) in [5.41, 5.74) is 0.757. The third kappa shape index (κ3) is 11.1. The fourth-order valence-electron chi connectivity index (χ4n) is 2.68. The molecule has 1 aromatic carbocycles. The fraction of sp³-hybridized carbons (Fsp3) is 0.450. The summed E-state index contributed by atoms with van der Waals surface area (Å²) in [6.07, 6.45) is 0.512. The van der Waals surface area contributed by atoms with Crippen molar-refractivity contribution in [3.8, 4) is 11.5 Å². The molecule has 3 rings (SSSR count). The molecule has 1 aromatic rings. The van der Waals surface area contributed by atoms with Crippen molar-refractivity contribution < 1.29 is 53.9 Å². The van der Waals surface area contributed by atoms with Gasteiger partial charge in [0.15, 0.2) is 11.5 Å². The largest absolute Gasteiger partial charge is 0.486 e. The molecular formula is C20H27N3O11. The Morgan fingerprint density at radius 1 is 0.824 bits per heavy atom. The number of piperazine rings is 1. The summed E-state index contributed by atoms with van der Waals surface area (Å²) in [7, 11) is 2.13. The molecule has 0 aliphatic carbocycles. The molecular weight excluding hydrogens is 458 g/mol. The highest BCUT2D eigenvalue weighted by Crippen LogP contribution is 2.32. The molecule has 2 aliphatic heterocycles. The lowest BCUT2D eigenvalue weighted by molar-refractivity contribution is -0.159. The van der Waals surface area contributed by atoms with Crippen molar-refractivity contribution in [3.05, 3.63) is 18.2 Å². The average molecular weight is 485 g/mol. The molecule has 1 fully saturated rings. The van der Waals surface area contributed by atoms with E-state index in [1.165, 1.54) is 0 Å². The molecule has 0 spiro atoms. The van der Waals surface area contributed by atoms with Gasteiger partial charge in [-0.15, -0.1) is 0 Å². The van der Waals surface area contributed by atoms with Gasteiger partial charge in [-0.1, -0.05) is 0 Å². The average Bonchev–Trinajstić information content (AvgIpc) is 2.79. The van der Waals surface area contributed by atoms with Gasteiger partial charge in [0.25, 0.3) is 0 Å². The number of benzene rings is 1. The Labute approximate surface area is 194 Å². The first-order valence-corrected chi connectivity index (χ1v) is 10.0. The van der Waals surface area contributed by atoms with Crippen LogP contribution in [0.3, 0.4) is 0 Å². The molecule has 1 amide bonds. The van der Waals surface area contributed by atoms with Crippen LogP contribution in [0.5, 0.6) is 11.5 Å². The van der Waals surface area contributed by atoms with Gasteiger partial charge in [-0.05, 0) is 19.2 Å². The van der Waals surface area contributed by atoms with Gasteiger partial charge in [0, 0.05) is 50.9 Å². The number of fused-ring (bicyclic) bond motifs is 1. The SMILES string of the molecule is CN1CCN(CCC(=O)Nc2ccc3c(c2)OCCO3)CC1.O=C(O)C(=O)O.O=C(O)C(=O)O. The third-order valence-corrected chi connectivity index (χ3v) is 4.44. The summed E-state index contributed by atoms with van der Waals surface area (Å²) in [6.45, 7) is 6.15. The van der Waals surface area contributed by atoms with Crippen molar-refractivity contribution in [2.45, 2.75) is 6.42 Å². The van der Waals surface area contributed by atoms with E-state index in [0.717, 1.165) is 44.2 Å². The van der Waals surface area contributed by atoms with Crippen LogP contribution in [0.25, 0.3) is 0 Å². The van der Waals surface area contributed by atoms with Gasteiger partial charge in [-0.25, -0.2) is 19.2 Å². The van der Waals surface area contributed by atoms with E-state index in [0.29, 0.717) is 25.4 Å². The zero-order chi connectivity index (χ0) is 25.7. The van der Waals surface area contributed by atoms with Crippen LogP contribution < -0.4 is 14.8 Å². The molecule has 0 bridgehead atoms. The minimum atomic E-state index is -1.82. The Hall–Kier alpha value is -3.91. The summed E-state index contributed by atoms with van der Waals surface area (Å²) in [5, 5.41) is 32.5. The van der Waals surface area contributed by atoms with Crippen LogP contribution in [0.1, 0.15) is 6.42 Å². The van der Waals surface area contributed by atoms with Crippen LogP contribution in [-0.2, 0) is 24.0 Å². The summed E-state index contributed by atoms with van der Waals surface area (Å²) in [4.78, 5) is 53.1. The minimum absolute atomic E-state index is 0.0376. The van der Waals surface area contributed by atoms with Gasteiger partial charge in [0.05, 0.1) is 0 Å². The first-order chi connectivity index (χ1) is 16.0. The van der Waals surface area contributed by atoms with Crippen molar-refractivity contribution in [1.29, 1.82) is 0 Å². The number of carboxylic acids is 4. The molecule has 0 saturated carbocycles. The fourth-order valence-corrected chi connectivity index (χ4v) is 2.68. The number of carboxylic acid groups (broad SMARTS) is 4. The summed E-state index contributed by atoms with van der Waals surface area (Å²) >= 11 is 0. The molecule has 0 aromatic heterocycles. The zero-order valence-electron chi connectivity index (χ0n) is 18.4. The van der Waals surface area contributed by atoms with Crippen LogP contribution in [0.2, 0.25) is 0 Å². The van der Waals surface area contributed by atoms with Crippen LogP contribution in [0.4, 0.5) is 5.69 Å². The van der Waals surface area contributed by atoms with E-state index in [-0.39, 0.29) is 5.91 Å². The number of carbonyl (C=O) groups excluding carboxylic acids is 1. The van der Waals surface area contributed by atoms with Gasteiger partial charge in [-0.3, -0.25) is 4.79 Å². The number of amides is 1. The number of rotatable bonds is 4. The Morgan fingerprint density at radius 2 is 1.32 bits per heavy atom. The highest BCUT2D eigenvalue weighted by Gasteiger charge is 2.16. The number of nitrogens with zero attached hydrogens (tertiary/aromatic N) is 2. The molecule has 14 heteroatoms. The van der Waals surface area contributed by atoms with Crippen molar-refractivity contribution in [2.24, 2.45) is 0 Å². The molecule has 14 nitrogen and oxygen atoms in total. The second-order valence-corrected chi connectivity index (χ2v) is 7.02. The number of ether oxygens (including phenoxy) is 2. The first-order valence-electron chi connectivity index (χ1n) is 10.0. The van der Waals surface area contributed by atoms with Gasteiger partial charge in [0.1, 0.15) is 13.2 Å². The molecule has 1 saturated heterocycles. The van der Waals surface area contributed by atoms with E-state index in [1.54, 1.807) is 0 Å². The Bertz CT molecular complexity index is 835. The maximum Gasteiger partial charge on any atom is 0.414 e. The molecule has 0 unspecified atom stereocenters. The van der Waals surface area contributed by atoms with Crippen molar-refractivity contribution in [2.75, 3.05) is 58.3 Å². The van der Waals surface area contributed by atoms with Gasteiger partial charge in [0.2, 0.25) is 5.91 Å². The van der Waals surface area contributed by atoms with E-state index >= 15 is 0 Å². The highest BCUT2D eigenvalue weighted by molar-refractivity contribution is 6.27. The Morgan fingerprint density at radius 3 is 1.82 bits per heavy atom. The number of hydrogen-bond donors (Lipinski definition) is 5. The van der Waals surface area contributed by atoms with Gasteiger partial charge < -0.3 is 45.0 Å². The second-order valence-electron chi connectivity index (χ2n) is 7.02. The Kier molecular flexibility index (Phi) is 11.8. The third-order valence-electron chi connectivity index (χ3n) is 4.44. The number of likely N-dealkylation sites (N-methyl/N-ethyl adjacent to an activating group) is 1. The molecule has 34 heavy (non-hydrogen) atoms. The molecule has 2 heterocycles. The van der Waals surface area contributed by atoms with Gasteiger partial charge >= 0.3 is 23.9 Å². The van der Waals surface area contributed by atoms with Crippen molar-refractivity contribution >= 4 is 35.5 Å². The van der Waals surface area contributed by atoms with E-state index < -0.39 is 23.9 Å². The number of hydrogen-bond acceptors (Lipinski definition) is 9. The predicted octanol–water partition coefficient (Wildman–Crippen LogP) is -0.655. The zero-order valence-corrected chi connectivity index (χ0v) is 18.4. The summed E-state index contributed by atoms with van der Waals surface area (Å²) < 4.78 is 11.0. The molecule has 0 atom stereocenters. The maximum absolute atomic E-state index is 12.1. The second kappa shape index (κ2) is 14.3. The number of carbonyl (C=O) groups is 5. The number of nitrogens with one attached hydrogen (secondary N) is 1. The standard InChI is InChI=1S/C16H23N3O3.2C2H2O4/c1-18-6-8-19(9-7-18)5-4-16(20)17-13-2-3-14-15(12-13)22-11-10-21-14;2*3-1(4)2(5)6/h2-3,12H,4-11H2,1H3,(H,17,20);2*(H,3,4)(H,5,6). The summed E-state index contributed by atoms with van der Waals surface area (Å²) in [5.74, 6) is -5.82. The lowest BCUT2D eigenvalue weighted by atomic mass is 10.2. The predicted molar refractivity (Wildman–Crippen MR) is 115 cm³/mol. The maximum atomic E-state index is 12.1. The molecule has 2 aliphatic rings. The van der Waals surface area contributed by atoms with E-state index in [9.17, 15) is 4.79 Å². The molecule has 188 valence electrons. The van der Waals surface area contributed by atoms with E-state index in [2.05, 4.69) is 22.2 Å². The van der Waals surface area contributed by atoms with E-state index in [4.69, 9.17) is 49.1 Å². The smallest absolute Gasteiger partial charge is 0.414 e.